The second kappa shape index (κ2) is 12.6. The van der Waals surface area contributed by atoms with Crippen LogP contribution in [0.3, 0.4) is 0 Å². The van der Waals surface area contributed by atoms with Gasteiger partial charge in [0.1, 0.15) is 35.9 Å². The summed E-state index contributed by atoms with van der Waals surface area (Å²) in [4.78, 5) is 16.9. The largest absolute Gasteiger partial charge is 0.508 e. The van der Waals surface area contributed by atoms with Crippen LogP contribution in [0.4, 0.5) is 14.5 Å². The monoisotopic (exact) mass is 593 g/mol. The Labute approximate surface area is 251 Å². The molecule has 0 aliphatic carbocycles. The number of phenols is 1. The second-order valence-corrected chi connectivity index (χ2v) is 12.3. The molecule has 2 aromatic carbocycles. The first-order valence-electron chi connectivity index (χ1n) is 14.9. The number of fused-ring (bicyclic) bond motifs is 2. The van der Waals surface area contributed by atoms with Crippen LogP contribution in [-0.4, -0.2) is 92.4 Å². The number of nitrogens with zero attached hydrogens (tertiary/aromatic N) is 5. The van der Waals surface area contributed by atoms with Gasteiger partial charge >= 0.3 is 0 Å². The number of hydrogen-bond donors (Lipinski definition) is 3. The topological polar surface area (TPSA) is 105 Å². The fourth-order valence-electron chi connectivity index (χ4n) is 7.21. The summed E-state index contributed by atoms with van der Waals surface area (Å²) in [7, 11) is 0. The number of aromatic nitrogens is 1. The van der Waals surface area contributed by atoms with Crippen molar-refractivity contribution in [2.75, 3.05) is 19.8 Å². The smallest absolute Gasteiger partial charge is 0.175 e. The average molecular weight is 594 g/mol. The first kappa shape index (κ1) is 31.0. The number of aromatic hydroxyl groups is 1. The number of pyridine rings is 1. The van der Waals surface area contributed by atoms with Crippen LogP contribution in [-0.2, 0) is 0 Å². The van der Waals surface area contributed by atoms with E-state index in [0.717, 1.165) is 23.7 Å². The molecule has 43 heavy (non-hydrogen) atoms. The van der Waals surface area contributed by atoms with Gasteiger partial charge in [-0.3, -0.25) is 14.9 Å². The van der Waals surface area contributed by atoms with Crippen molar-refractivity contribution >= 4 is 29.0 Å². The third-order valence-electron chi connectivity index (χ3n) is 9.12. The van der Waals surface area contributed by atoms with E-state index in [4.69, 9.17) is 0 Å². The SMILES string of the molecule is C=Nc1c(/C(=N\CO)N2C(C)CC(O)CC2C)cnc(-c2cc(O)cc3ccccc23)c1F.C[C@@]12CCCN1CC(F)C2. The Balaban J connectivity index is 0.000000308. The minimum absolute atomic E-state index is 0.000792. The highest BCUT2D eigenvalue weighted by molar-refractivity contribution is 6.05. The molecule has 0 bridgehead atoms. The summed E-state index contributed by atoms with van der Waals surface area (Å²) < 4.78 is 28.7. The Kier molecular flexibility index (Phi) is 9.10. The molecule has 4 heterocycles. The Morgan fingerprint density at radius 1 is 1.19 bits per heavy atom. The molecule has 0 saturated carbocycles. The van der Waals surface area contributed by atoms with E-state index in [-0.39, 0.29) is 34.8 Å². The lowest BCUT2D eigenvalue weighted by atomic mass is 9.93. The third-order valence-corrected chi connectivity index (χ3v) is 9.12. The predicted octanol–water partition coefficient (Wildman–Crippen LogP) is 5.59. The fourth-order valence-corrected chi connectivity index (χ4v) is 7.21. The zero-order valence-electron chi connectivity index (χ0n) is 25.0. The molecular formula is C33H41F2N5O3. The van der Waals surface area contributed by atoms with E-state index < -0.39 is 24.8 Å². The van der Waals surface area contributed by atoms with Crippen LogP contribution in [0.15, 0.2) is 52.6 Å². The molecule has 1 aromatic heterocycles. The molecule has 3 unspecified atom stereocenters. The molecule has 3 aromatic rings. The van der Waals surface area contributed by atoms with Crippen molar-refractivity contribution in [1.29, 1.82) is 0 Å². The van der Waals surface area contributed by atoms with E-state index in [1.807, 2.05) is 43.0 Å². The van der Waals surface area contributed by atoms with E-state index in [1.165, 1.54) is 25.1 Å². The van der Waals surface area contributed by atoms with Crippen molar-refractivity contribution in [1.82, 2.24) is 14.8 Å². The zero-order chi connectivity index (χ0) is 30.9. The van der Waals surface area contributed by atoms with Gasteiger partial charge in [-0.1, -0.05) is 24.3 Å². The summed E-state index contributed by atoms with van der Waals surface area (Å²) in [5.74, 6) is -0.342. The first-order chi connectivity index (χ1) is 20.6. The van der Waals surface area contributed by atoms with Crippen molar-refractivity contribution in [2.24, 2.45) is 9.98 Å². The van der Waals surface area contributed by atoms with E-state index in [2.05, 4.69) is 33.5 Å². The van der Waals surface area contributed by atoms with Crippen LogP contribution in [0.25, 0.3) is 22.0 Å². The van der Waals surface area contributed by atoms with Gasteiger partial charge < -0.3 is 20.2 Å². The molecule has 3 aliphatic heterocycles. The van der Waals surface area contributed by atoms with Crippen LogP contribution in [0, 0.1) is 5.82 Å². The number of phenolic OH excluding ortho intramolecular Hbond substituents is 1. The van der Waals surface area contributed by atoms with Gasteiger partial charge in [-0.15, -0.1) is 0 Å². The van der Waals surface area contributed by atoms with Crippen molar-refractivity contribution < 1.29 is 24.1 Å². The fraction of sp³-hybridized carbons (Fsp3) is 0.485. The van der Waals surface area contributed by atoms with E-state index >= 15 is 4.39 Å². The van der Waals surface area contributed by atoms with Gasteiger partial charge in [0.15, 0.2) is 5.82 Å². The molecule has 0 amide bonds. The molecule has 10 heteroatoms. The van der Waals surface area contributed by atoms with Gasteiger partial charge in [0.2, 0.25) is 0 Å². The van der Waals surface area contributed by atoms with Gasteiger partial charge in [-0.05, 0) is 89.0 Å². The summed E-state index contributed by atoms with van der Waals surface area (Å²) in [6, 6.07) is 10.2. The lowest BCUT2D eigenvalue weighted by molar-refractivity contribution is 0.0518. The maximum Gasteiger partial charge on any atom is 0.175 e. The van der Waals surface area contributed by atoms with Crippen molar-refractivity contribution in [2.45, 2.75) is 82.8 Å². The van der Waals surface area contributed by atoms with E-state index in [0.29, 0.717) is 36.3 Å². The maximum atomic E-state index is 15.8. The predicted molar refractivity (Wildman–Crippen MR) is 166 cm³/mol. The van der Waals surface area contributed by atoms with Gasteiger partial charge in [0.05, 0.1) is 11.7 Å². The summed E-state index contributed by atoms with van der Waals surface area (Å²) in [6.45, 7) is 11.0. The molecule has 230 valence electrons. The minimum atomic E-state index is -0.693. The summed E-state index contributed by atoms with van der Waals surface area (Å²) in [5, 5.41) is 31.4. The summed E-state index contributed by atoms with van der Waals surface area (Å²) >= 11 is 0. The number of aliphatic hydroxyl groups excluding tert-OH is 2. The number of aliphatic hydroxyl groups is 2. The Morgan fingerprint density at radius 2 is 1.91 bits per heavy atom. The maximum absolute atomic E-state index is 15.8. The van der Waals surface area contributed by atoms with Crippen LogP contribution in [0.1, 0.15) is 58.4 Å². The molecule has 8 nitrogen and oxygen atoms in total. The highest BCUT2D eigenvalue weighted by atomic mass is 19.1. The Bertz CT molecular complexity index is 1510. The number of piperidine rings is 1. The molecule has 4 atom stereocenters. The van der Waals surface area contributed by atoms with Crippen LogP contribution in [0.5, 0.6) is 5.75 Å². The molecule has 6 rings (SSSR count). The first-order valence-corrected chi connectivity index (χ1v) is 14.9. The van der Waals surface area contributed by atoms with Crippen molar-refractivity contribution in [3.05, 3.63) is 54.0 Å². The molecule has 3 N–H and O–H groups in total. The quantitative estimate of drug-likeness (QED) is 0.269. The van der Waals surface area contributed by atoms with Gasteiger partial charge in [0.25, 0.3) is 0 Å². The van der Waals surface area contributed by atoms with Gasteiger partial charge in [0, 0.05) is 35.9 Å². The number of halogens is 2. The third kappa shape index (κ3) is 6.14. The number of aliphatic imine (C=N–C) groups is 2. The molecule has 3 saturated heterocycles. The Hall–Kier alpha value is -3.47. The molecular weight excluding hydrogens is 552 g/mol. The minimum Gasteiger partial charge on any atom is -0.508 e. The number of benzene rings is 2. The van der Waals surface area contributed by atoms with Crippen LogP contribution >= 0.6 is 0 Å². The van der Waals surface area contributed by atoms with Crippen LogP contribution < -0.4 is 0 Å². The standard InChI is InChI=1S/C25H27FN4O3.C8H14FN/c1-14-8-17(32)9-15(2)30(14)25(29-13-31)21-12-28-24(22(26)23(21)27-3)20-11-18(33)10-16-6-4-5-7-19(16)20;1-8-3-2-4-10(8)6-7(9)5-8/h4-7,10-12,14-15,17,31-33H,3,8-9,13H2,1-2H3;7H,2-6H2,1H3/b29-25+;/t;7?,8-/m.0/s1. The molecule has 0 spiro atoms. The average Bonchev–Trinajstić information content (AvgIpc) is 3.44. The molecule has 0 radical (unpaired) electrons. The zero-order valence-corrected chi connectivity index (χ0v) is 25.0. The summed E-state index contributed by atoms with van der Waals surface area (Å²) in [5.41, 5.74) is 0.971. The number of likely N-dealkylation sites (tertiary alicyclic amines) is 1. The molecule has 3 fully saturated rings. The lowest BCUT2D eigenvalue weighted by Crippen LogP contribution is -2.51. The highest BCUT2D eigenvalue weighted by Gasteiger charge is 2.44. The normalized spacial score (nSPS) is 27.6. The Morgan fingerprint density at radius 3 is 2.58 bits per heavy atom. The number of alkyl halides is 1. The second-order valence-electron chi connectivity index (χ2n) is 12.3. The van der Waals surface area contributed by atoms with Crippen molar-refractivity contribution in [3.63, 3.8) is 0 Å². The number of hydrogen-bond acceptors (Lipinski definition) is 7. The van der Waals surface area contributed by atoms with E-state index in [1.54, 1.807) is 6.07 Å². The highest BCUT2D eigenvalue weighted by Crippen LogP contribution is 2.40. The lowest BCUT2D eigenvalue weighted by Gasteiger charge is -2.43. The van der Waals surface area contributed by atoms with Crippen LogP contribution in [0.2, 0.25) is 0 Å². The summed E-state index contributed by atoms with van der Waals surface area (Å²) in [6.07, 6.45) is 4.77. The van der Waals surface area contributed by atoms with Gasteiger partial charge in [-0.25, -0.2) is 13.8 Å². The van der Waals surface area contributed by atoms with Gasteiger partial charge in [-0.2, -0.15) is 0 Å². The number of amidine groups is 1. The molecule has 3 aliphatic rings. The number of rotatable bonds is 4. The van der Waals surface area contributed by atoms with E-state index in [9.17, 15) is 19.7 Å². The van der Waals surface area contributed by atoms with Crippen molar-refractivity contribution in [3.8, 4) is 17.0 Å².